The third-order valence-corrected chi connectivity index (χ3v) is 1.30. The van der Waals surface area contributed by atoms with Gasteiger partial charge in [0, 0.05) is 11.8 Å². The lowest BCUT2D eigenvalue weighted by molar-refractivity contribution is 0.427. The van der Waals surface area contributed by atoms with Crippen LogP contribution < -0.4 is 5.73 Å². The highest BCUT2D eigenvalue weighted by molar-refractivity contribution is 5.35. The van der Waals surface area contributed by atoms with E-state index in [1.165, 1.54) is 4.68 Å². The highest BCUT2D eigenvalue weighted by Crippen LogP contribution is 2.05. The quantitative estimate of drug-likeness (QED) is 0.663. The van der Waals surface area contributed by atoms with Crippen LogP contribution in [-0.2, 0) is 6.54 Å². The zero-order chi connectivity index (χ0) is 7.56. The molecule has 1 rings (SSSR count). The lowest BCUT2D eigenvalue weighted by Crippen LogP contribution is -2.00. The summed E-state index contributed by atoms with van der Waals surface area (Å²) in [5.41, 5.74) is 6.31. The van der Waals surface area contributed by atoms with E-state index < -0.39 is 6.67 Å². The first-order valence-corrected chi connectivity index (χ1v) is 3.09. The van der Waals surface area contributed by atoms with Crippen LogP contribution in [0.15, 0.2) is 6.20 Å². The SMILES string of the molecule is Cc1cn(CCF)nc1N. The maximum atomic E-state index is 11.7. The molecule has 0 aliphatic rings. The van der Waals surface area contributed by atoms with Gasteiger partial charge in [0.15, 0.2) is 0 Å². The molecular weight excluding hydrogens is 133 g/mol. The largest absolute Gasteiger partial charge is 0.382 e. The molecule has 0 aliphatic heterocycles. The van der Waals surface area contributed by atoms with Crippen molar-refractivity contribution >= 4 is 5.82 Å². The summed E-state index contributed by atoms with van der Waals surface area (Å²) < 4.78 is 13.2. The van der Waals surface area contributed by atoms with Gasteiger partial charge in [-0.25, -0.2) is 4.39 Å². The Bertz CT molecular complexity index is 199. The van der Waals surface area contributed by atoms with Crippen molar-refractivity contribution < 1.29 is 4.39 Å². The number of hydrogen-bond acceptors (Lipinski definition) is 2. The normalized spacial score (nSPS) is 10.2. The molecular formula is C6H10FN3. The van der Waals surface area contributed by atoms with Crippen LogP contribution in [0.4, 0.5) is 10.2 Å². The molecule has 0 aliphatic carbocycles. The van der Waals surface area contributed by atoms with Crippen molar-refractivity contribution in [2.75, 3.05) is 12.4 Å². The lowest BCUT2D eigenvalue weighted by Gasteiger charge is -1.91. The van der Waals surface area contributed by atoms with E-state index >= 15 is 0 Å². The second-order valence-corrected chi connectivity index (χ2v) is 2.15. The molecule has 1 aromatic rings. The molecule has 10 heavy (non-hydrogen) atoms. The predicted molar refractivity (Wildman–Crippen MR) is 37.4 cm³/mol. The molecule has 0 radical (unpaired) electrons. The van der Waals surface area contributed by atoms with Crippen molar-refractivity contribution in [2.24, 2.45) is 0 Å². The van der Waals surface area contributed by atoms with Crippen molar-refractivity contribution in [1.82, 2.24) is 9.78 Å². The van der Waals surface area contributed by atoms with Crippen LogP contribution in [-0.4, -0.2) is 16.5 Å². The van der Waals surface area contributed by atoms with Crippen LogP contribution in [0.3, 0.4) is 0 Å². The number of nitrogen functional groups attached to an aromatic ring is 1. The van der Waals surface area contributed by atoms with E-state index in [0.29, 0.717) is 5.82 Å². The summed E-state index contributed by atoms with van der Waals surface area (Å²) in [6, 6.07) is 0. The first kappa shape index (κ1) is 7.05. The van der Waals surface area contributed by atoms with E-state index in [0.717, 1.165) is 5.56 Å². The molecule has 2 N–H and O–H groups in total. The van der Waals surface area contributed by atoms with Gasteiger partial charge in [-0.1, -0.05) is 0 Å². The Morgan fingerprint density at radius 1 is 1.80 bits per heavy atom. The predicted octanol–water partition coefficient (Wildman–Crippen LogP) is 0.743. The highest BCUT2D eigenvalue weighted by Gasteiger charge is 1.98. The molecule has 1 heterocycles. The van der Waals surface area contributed by atoms with Crippen molar-refractivity contribution in [3.63, 3.8) is 0 Å². The minimum atomic E-state index is -0.402. The second-order valence-electron chi connectivity index (χ2n) is 2.15. The molecule has 0 bridgehead atoms. The minimum absolute atomic E-state index is 0.290. The number of hydrogen-bond donors (Lipinski definition) is 1. The summed E-state index contributed by atoms with van der Waals surface area (Å²) in [7, 11) is 0. The Morgan fingerprint density at radius 2 is 2.50 bits per heavy atom. The third kappa shape index (κ3) is 1.26. The van der Waals surface area contributed by atoms with E-state index in [-0.39, 0.29) is 6.54 Å². The fraction of sp³-hybridized carbons (Fsp3) is 0.500. The van der Waals surface area contributed by atoms with E-state index in [1.54, 1.807) is 6.20 Å². The fourth-order valence-corrected chi connectivity index (χ4v) is 0.737. The maximum absolute atomic E-state index is 11.7. The third-order valence-electron chi connectivity index (χ3n) is 1.30. The number of aryl methyl sites for hydroxylation is 2. The first-order valence-electron chi connectivity index (χ1n) is 3.09. The Labute approximate surface area is 58.6 Å². The van der Waals surface area contributed by atoms with Crippen LogP contribution in [0.2, 0.25) is 0 Å². The minimum Gasteiger partial charge on any atom is -0.382 e. The van der Waals surface area contributed by atoms with Gasteiger partial charge in [0.1, 0.15) is 12.5 Å². The Hall–Kier alpha value is -1.06. The Morgan fingerprint density at radius 3 is 2.90 bits per heavy atom. The number of halogens is 1. The standard InChI is InChI=1S/C6H10FN3/c1-5-4-10(3-2-7)9-6(5)8/h4H,2-3H2,1H3,(H2,8,9). The van der Waals surface area contributed by atoms with Crippen LogP contribution in [0.5, 0.6) is 0 Å². The van der Waals surface area contributed by atoms with Crippen molar-refractivity contribution in [3.8, 4) is 0 Å². The van der Waals surface area contributed by atoms with E-state index in [2.05, 4.69) is 5.10 Å². The van der Waals surface area contributed by atoms with Crippen molar-refractivity contribution in [1.29, 1.82) is 0 Å². The highest BCUT2D eigenvalue weighted by atomic mass is 19.1. The van der Waals surface area contributed by atoms with Gasteiger partial charge in [-0.3, -0.25) is 4.68 Å². The number of aromatic nitrogens is 2. The number of nitrogens with zero attached hydrogens (tertiary/aromatic N) is 2. The van der Waals surface area contributed by atoms with E-state index in [1.807, 2.05) is 6.92 Å². The summed E-state index contributed by atoms with van der Waals surface area (Å²) in [6.07, 6.45) is 1.73. The lowest BCUT2D eigenvalue weighted by atomic mass is 10.4. The average Bonchev–Trinajstić information content (AvgIpc) is 2.14. The smallest absolute Gasteiger partial charge is 0.148 e. The van der Waals surface area contributed by atoms with E-state index in [9.17, 15) is 4.39 Å². The molecule has 0 atom stereocenters. The topological polar surface area (TPSA) is 43.8 Å². The molecule has 0 saturated carbocycles. The Balaban J connectivity index is 2.77. The van der Waals surface area contributed by atoms with Gasteiger partial charge < -0.3 is 5.73 Å². The molecule has 0 unspecified atom stereocenters. The van der Waals surface area contributed by atoms with Crippen LogP contribution in [0, 0.1) is 6.92 Å². The summed E-state index contributed by atoms with van der Waals surface area (Å²) >= 11 is 0. The molecule has 0 amide bonds. The molecule has 0 saturated heterocycles. The zero-order valence-electron chi connectivity index (χ0n) is 5.84. The number of nitrogens with two attached hydrogens (primary N) is 1. The Kier molecular flexibility index (Phi) is 1.89. The monoisotopic (exact) mass is 143 g/mol. The van der Waals surface area contributed by atoms with Gasteiger partial charge in [0.05, 0.1) is 6.54 Å². The second kappa shape index (κ2) is 2.68. The van der Waals surface area contributed by atoms with Gasteiger partial charge in [-0.15, -0.1) is 0 Å². The molecule has 0 fully saturated rings. The molecule has 0 spiro atoms. The van der Waals surface area contributed by atoms with Gasteiger partial charge in [-0.05, 0) is 6.92 Å². The molecule has 56 valence electrons. The summed E-state index contributed by atoms with van der Waals surface area (Å²) in [5.74, 6) is 0.480. The summed E-state index contributed by atoms with van der Waals surface area (Å²) in [6.45, 7) is 1.73. The first-order chi connectivity index (χ1) is 4.74. The maximum Gasteiger partial charge on any atom is 0.148 e. The van der Waals surface area contributed by atoms with Gasteiger partial charge in [0.2, 0.25) is 0 Å². The van der Waals surface area contributed by atoms with Crippen molar-refractivity contribution in [2.45, 2.75) is 13.5 Å². The summed E-state index contributed by atoms with van der Waals surface area (Å²) in [5, 5.41) is 3.85. The fourth-order valence-electron chi connectivity index (χ4n) is 0.737. The molecule has 4 heteroatoms. The van der Waals surface area contributed by atoms with E-state index in [4.69, 9.17) is 5.73 Å². The van der Waals surface area contributed by atoms with Crippen LogP contribution in [0.1, 0.15) is 5.56 Å². The number of rotatable bonds is 2. The van der Waals surface area contributed by atoms with Crippen LogP contribution >= 0.6 is 0 Å². The van der Waals surface area contributed by atoms with Gasteiger partial charge in [0.25, 0.3) is 0 Å². The van der Waals surface area contributed by atoms with Crippen LogP contribution in [0.25, 0.3) is 0 Å². The zero-order valence-corrected chi connectivity index (χ0v) is 5.84. The number of alkyl halides is 1. The molecule has 0 aromatic carbocycles. The average molecular weight is 143 g/mol. The van der Waals surface area contributed by atoms with Crippen molar-refractivity contribution in [3.05, 3.63) is 11.8 Å². The van der Waals surface area contributed by atoms with Gasteiger partial charge in [-0.2, -0.15) is 5.10 Å². The molecule has 3 nitrogen and oxygen atoms in total. The number of anilines is 1. The molecule has 1 aromatic heterocycles. The van der Waals surface area contributed by atoms with Gasteiger partial charge >= 0.3 is 0 Å². The summed E-state index contributed by atoms with van der Waals surface area (Å²) in [4.78, 5) is 0.